The van der Waals surface area contributed by atoms with Gasteiger partial charge in [-0.3, -0.25) is 0 Å². The first-order valence-electron chi connectivity index (χ1n) is 6.01. The largest absolute Gasteiger partial charge is 0.399 e. The lowest BCUT2D eigenvalue weighted by Crippen LogP contribution is -2.17. The minimum atomic E-state index is 0.681. The van der Waals surface area contributed by atoms with Gasteiger partial charge in [0.25, 0.3) is 0 Å². The number of nitrogens with two attached hydrogens (primary N) is 1. The fourth-order valence-corrected chi connectivity index (χ4v) is 2.37. The summed E-state index contributed by atoms with van der Waals surface area (Å²) in [7, 11) is 0. The van der Waals surface area contributed by atoms with Crippen LogP contribution in [-0.2, 0) is 0 Å². The molecule has 0 atom stereocenters. The maximum Gasteiger partial charge on any atom is 0.0663 e. The zero-order valence-corrected chi connectivity index (χ0v) is 11.4. The topological polar surface area (TPSA) is 29.3 Å². The van der Waals surface area contributed by atoms with Crippen molar-refractivity contribution < 1.29 is 0 Å². The SMILES string of the molecule is CCN(c1ccccc1C)c1ccc(N)cc1Cl. The Morgan fingerprint density at radius 3 is 2.44 bits per heavy atom. The van der Waals surface area contributed by atoms with Gasteiger partial charge in [-0.15, -0.1) is 0 Å². The molecule has 0 saturated carbocycles. The number of nitrogens with zero attached hydrogens (tertiary/aromatic N) is 1. The van der Waals surface area contributed by atoms with Crippen molar-refractivity contribution in [1.82, 2.24) is 0 Å². The number of para-hydroxylation sites is 1. The van der Waals surface area contributed by atoms with Gasteiger partial charge in [0, 0.05) is 17.9 Å². The highest BCUT2D eigenvalue weighted by Crippen LogP contribution is 2.34. The minimum Gasteiger partial charge on any atom is -0.399 e. The summed E-state index contributed by atoms with van der Waals surface area (Å²) in [6, 6.07) is 13.9. The number of hydrogen-bond donors (Lipinski definition) is 1. The van der Waals surface area contributed by atoms with E-state index in [1.165, 1.54) is 11.3 Å². The monoisotopic (exact) mass is 260 g/mol. The molecule has 0 saturated heterocycles. The molecule has 0 unspecified atom stereocenters. The highest BCUT2D eigenvalue weighted by molar-refractivity contribution is 6.33. The van der Waals surface area contributed by atoms with Crippen LogP contribution in [0.15, 0.2) is 42.5 Å². The van der Waals surface area contributed by atoms with Crippen LogP contribution in [0.2, 0.25) is 5.02 Å². The number of hydrogen-bond acceptors (Lipinski definition) is 2. The van der Waals surface area contributed by atoms with E-state index in [4.69, 9.17) is 17.3 Å². The normalized spacial score (nSPS) is 10.4. The molecule has 2 nitrogen and oxygen atoms in total. The van der Waals surface area contributed by atoms with Crippen molar-refractivity contribution in [2.45, 2.75) is 13.8 Å². The second-order valence-electron chi connectivity index (χ2n) is 4.24. The molecular weight excluding hydrogens is 244 g/mol. The average Bonchev–Trinajstić information content (AvgIpc) is 2.34. The number of rotatable bonds is 3. The molecule has 0 heterocycles. The number of halogens is 1. The first-order chi connectivity index (χ1) is 8.63. The maximum atomic E-state index is 6.28. The standard InChI is InChI=1S/C15H17ClN2/c1-3-18(14-7-5-4-6-11(14)2)15-9-8-12(17)10-13(15)16/h4-10H,3,17H2,1-2H3. The molecule has 0 radical (unpaired) electrons. The third-order valence-electron chi connectivity index (χ3n) is 2.99. The van der Waals surface area contributed by atoms with Crippen molar-refractivity contribution in [3.63, 3.8) is 0 Å². The smallest absolute Gasteiger partial charge is 0.0663 e. The first kappa shape index (κ1) is 12.8. The second-order valence-corrected chi connectivity index (χ2v) is 4.65. The maximum absolute atomic E-state index is 6.28. The van der Waals surface area contributed by atoms with Gasteiger partial charge < -0.3 is 10.6 Å². The minimum absolute atomic E-state index is 0.681. The van der Waals surface area contributed by atoms with Gasteiger partial charge in [0.15, 0.2) is 0 Å². The number of anilines is 3. The molecule has 2 aromatic rings. The quantitative estimate of drug-likeness (QED) is 0.830. The van der Waals surface area contributed by atoms with Crippen molar-refractivity contribution in [1.29, 1.82) is 0 Å². The van der Waals surface area contributed by atoms with E-state index in [1.807, 2.05) is 24.3 Å². The zero-order chi connectivity index (χ0) is 13.1. The Labute approximate surface area is 113 Å². The lowest BCUT2D eigenvalue weighted by molar-refractivity contribution is 1.02. The van der Waals surface area contributed by atoms with Crippen LogP contribution in [0.5, 0.6) is 0 Å². The van der Waals surface area contributed by atoms with Crippen molar-refractivity contribution >= 4 is 28.7 Å². The van der Waals surface area contributed by atoms with Crippen LogP contribution in [0.25, 0.3) is 0 Å². The van der Waals surface area contributed by atoms with Gasteiger partial charge in [-0.05, 0) is 43.7 Å². The van der Waals surface area contributed by atoms with E-state index in [0.717, 1.165) is 12.2 Å². The molecule has 94 valence electrons. The Morgan fingerprint density at radius 1 is 1.11 bits per heavy atom. The van der Waals surface area contributed by atoms with E-state index in [1.54, 1.807) is 6.07 Å². The number of benzene rings is 2. The molecule has 0 spiro atoms. The molecule has 0 amide bonds. The molecule has 0 aliphatic carbocycles. The van der Waals surface area contributed by atoms with Gasteiger partial charge >= 0.3 is 0 Å². The summed E-state index contributed by atoms with van der Waals surface area (Å²) in [4.78, 5) is 2.19. The third-order valence-corrected chi connectivity index (χ3v) is 3.29. The van der Waals surface area contributed by atoms with E-state index in [9.17, 15) is 0 Å². The molecule has 0 fully saturated rings. The van der Waals surface area contributed by atoms with Gasteiger partial charge in [0.05, 0.1) is 10.7 Å². The molecule has 0 aliphatic heterocycles. The summed E-state index contributed by atoms with van der Waals surface area (Å²) < 4.78 is 0. The lowest BCUT2D eigenvalue weighted by Gasteiger charge is -2.26. The Morgan fingerprint density at radius 2 is 1.83 bits per heavy atom. The molecular formula is C15H17ClN2. The summed E-state index contributed by atoms with van der Waals surface area (Å²) in [5.74, 6) is 0. The van der Waals surface area contributed by atoms with Crippen LogP contribution in [0.4, 0.5) is 17.1 Å². The molecule has 0 bridgehead atoms. The average molecular weight is 261 g/mol. The fourth-order valence-electron chi connectivity index (χ4n) is 2.08. The summed E-state index contributed by atoms with van der Waals surface area (Å²) in [5, 5.41) is 0.681. The first-order valence-corrected chi connectivity index (χ1v) is 6.39. The highest BCUT2D eigenvalue weighted by atomic mass is 35.5. The van der Waals surface area contributed by atoms with E-state index in [0.29, 0.717) is 10.7 Å². The van der Waals surface area contributed by atoms with E-state index < -0.39 is 0 Å². The van der Waals surface area contributed by atoms with Crippen molar-refractivity contribution in [3.8, 4) is 0 Å². The van der Waals surface area contributed by atoms with E-state index >= 15 is 0 Å². The van der Waals surface area contributed by atoms with Crippen LogP contribution in [-0.4, -0.2) is 6.54 Å². The summed E-state index contributed by atoms with van der Waals surface area (Å²) in [6.07, 6.45) is 0. The van der Waals surface area contributed by atoms with Crippen LogP contribution < -0.4 is 10.6 Å². The van der Waals surface area contributed by atoms with Gasteiger partial charge in [-0.1, -0.05) is 29.8 Å². The van der Waals surface area contributed by atoms with Gasteiger partial charge in [-0.2, -0.15) is 0 Å². The zero-order valence-electron chi connectivity index (χ0n) is 10.7. The molecule has 0 aliphatic rings. The Hall–Kier alpha value is -1.67. The molecule has 2 N–H and O–H groups in total. The van der Waals surface area contributed by atoms with Crippen molar-refractivity contribution in [2.24, 2.45) is 0 Å². The summed E-state index contributed by atoms with van der Waals surface area (Å²) in [5.41, 5.74) is 9.81. The van der Waals surface area contributed by atoms with Gasteiger partial charge in [0.1, 0.15) is 0 Å². The van der Waals surface area contributed by atoms with Crippen LogP contribution >= 0.6 is 11.6 Å². The molecule has 2 rings (SSSR count). The third kappa shape index (κ3) is 2.44. The molecule has 18 heavy (non-hydrogen) atoms. The van der Waals surface area contributed by atoms with Gasteiger partial charge in [0.2, 0.25) is 0 Å². The lowest BCUT2D eigenvalue weighted by atomic mass is 10.1. The van der Waals surface area contributed by atoms with Crippen LogP contribution in [0.3, 0.4) is 0 Å². The predicted octanol–water partition coefficient (Wildman–Crippen LogP) is 4.39. The molecule has 3 heteroatoms. The van der Waals surface area contributed by atoms with Gasteiger partial charge in [-0.25, -0.2) is 0 Å². The number of aryl methyl sites for hydroxylation is 1. The van der Waals surface area contributed by atoms with Crippen molar-refractivity contribution in [3.05, 3.63) is 53.1 Å². The van der Waals surface area contributed by atoms with Crippen LogP contribution in [0, 0.1) is 6.92 Å². The van der Waals surface area contributed by atoms with Crippen LogP contribution in [0.1, 0.15) is 12.5 Å². The summed E-state index contributed by atoms with van der Waals surface area (Å²) in [6.45, 7) is 5.07. The molecule has 0 aromatic heterocycles. The fraction of sp³-hybridized carbons (Fsp3) is 0.200. The second kappa shape index (κ2) is 5.32. The Bertz CT molecular complexity index is 552. The highest BCUT2D eigenvalue weighted by Gasteiger charge is 2.12. The van der Waals surface area contributed by atoms with E-state index in [-0.39, 0.29) is 0 Å². The Kier molecular flexibility index (Phi) is 3.78. The number of nitrogen functional groups attached to an aromatic ring is 1. The van der Waals surface area contributed by atoms with Crippen molar-refractivity contribution in [2.75, 3.05) is 17.2 Å². The molecule has 2 aromatic carbocycles. The van der Waals surface area contributed by atoms with E-state index in [2.05, 4.69) is 30.9 Å². The summed E-state index contributed by atoms with van der Waals surface area (Å²) >= 11 is 6.28. The Balaban J connectivity index is 2.49. The predicted molar refractivity (Wildman–Crippen MR) is 79.7 cm³/mol.